The van der Waals surface area contributed by atoms with Crippen LogP contribution in [0.4, 0.5) is 0 Å². The molecular formula is C24H20Cl3N3O4. The van der Waals surface area contributed by atoms with Gasteiger partial charge in [-0.3, -0.25) is 9.59 Å². The van der Waals surface area contributed by atoms with Gasteiger partial charge < -0.3 is 14.8 Å². The van der Waals surface area contributed by atoms with Gasteiger partial charge in [0.25, 0.3) is 11.8 Å². The summed E-state index contributed by atoms with van der Waals surface area (Å²) in [5, 5.41) is 7.69. The minimum Gasteiger partial charge on any atom is -0.493 e. The van der Waals surface area contributed by atoms with E-state index in [1.54, 1.807) is 60.7 Å². The lowest BCUT2D eigenvalue weighted by atomic mass is 10.2. The number of benzene rings is 3. The van der Waals surface area contributed by atoms with Crippen LogP contribution in [0.3, 0.4) is 0 Å². The first-order valence-electron chi connectivity index (χ1n) is 9.96. The number of carbonyl (C=O) groups is 2. The Morgan fingerprint density at radius 3 is 2.47 bits per heavy atom. The lowest BCUT2D eigenvalue weighted by molar-refractivity contribution is -0.120. The summed E-state index contributed by atoms with van der Waals surface area (Å²) in [5.74, 6) is -0.134. The first-order chi connectivity index (χ1) is 16.4. The zero-order valence-electron chi connectivity index (χ0n) is 18.0. The maximum atomic E-state index is 12.0. The molecule has 0 aromatic heterocycles. The van der Waals surface area contributed by atoms with E-state index < -0.39 is 5.91 Å². The average molecular weight is 521 g/mol. The summed E-state index contributed by atoms with van der Waals surface area (Å²) in [4.78, 5) is 23.9. The highest BCUT2D eigenvalue weighted by molar-refractivity contribution is 6.35. The number of rotatable bonds is 9. The van der Waals surface area contributed by atoms with Crippen LogP contribution in [0.25, 0.3) is 0 Å². The minimum atomic E-state index is -0.488. The van der Waals surface area contributed by atoms with Crippen molar-refractivity contribution in [1.29, 1.82) is 0 Å². The van der Waals surface area contributed by atoms with Crippen LogP contribution in [0.1, 0.15) is 21.5 Å². The van der Waals surface area contributed by atoms with Gasteiger partial charge in [-0.05, 0) is 42.0 Å². The molecule has 0 bridgehead atoms. The fraction of sp³-hybridized carbons (Fsp3) is 0.125. The zero-order chi connectivity index (χ0) is 24.5. The molecule has 0 spiro atoms. The molecule has 34 heavy (non-hydrogen) atoms. The fourth-order valence-electron chi connectivity index (χ4n) is 2.81. The number of hydrazone groups is 1. The van der Waals surface area contributed by atoms with Crippen molar-refractivity contribution < 1.29 is 19.1 Å². The third-order valence-corrected chi connectivity index (χ3v) is 5.35. The Balaban J connectivity index is 1.57. The van der Waals surface area contributed by atoms with Gasteiger partial charge >= 0.3 is 0 Å². The molecule has 3 aromatic rings. The normalized spacial score (nSPS) is 10.7. The van der Waals surface area contributed by atoms with E-state index in [0.29, 0.717) is 32.7 Å². The van der Waals surface area contributed by atoms with Crippen molar-refractivity contribution >= 4 is 52.8 Å². The zero-order valence-corrected chi connectivity index (χ0v) is 20.2. The monoisotopic (exact) mass is 519 g/mol. The number of hydrogen-bond acceptors (Lipinski definition) is 5. The maximum Gasteiger partial charge on any atom is 0.259 e. The second-order valence-electron chi connectivity index (χ2n) is 6.90. The molecule has 0 saturated heterocycles. The lowest BCUT2D eigenvalue weighted by Gasteiger charge is -2.14. The summed E-state index contributed by atoms with van der Waals surface area (Å²) in [6.45, 7) is -0.0700. The Morgan fingerprint density at radius 1 is 1.00 bits per heavy atom. The highest BCUT2D eigenvalue weighted by Crippen LogP contribution is 2.37. The molecule has 3 rings (SSSR count). The second kappa shape index (κ2) is 12.3. The molecule has 176 valence electrons. The molecule has 0 fully saturated rings. The van der Waals surface area contributed by atoms with Crippen LogP contribution in [0.15, 0.2) is 65.8 Å². The van der Waals surface area contributed by atoms with E-state index in [2.05, 4.69) is 15.8 Å². The number of halogens is 3. The molecular weight excluding hydrogens is 501 g/mol. The van der Waals surface area contributed by atoms with Crippen LogP contribution in [0, 0.1) is 0 Å². The van der Waals surface area contributed by atoms with Crippen molar-refractivity contribution in [2.24, 2.45) is 5.10 Å². The van der Waals surface area contributed by atoms with Crippen LogP contribution in [-0.4, -0.2) is 31.7 Å². The Kier molecular flexibility index (Phi) is 9.16. The van der Waals surface area contributed by atoms with Crippen LogP contribution < -0.4 is 20.2 Å². The number of methoxy groups -OCH3 is 1. The predicted molar refractivity (Wildman–Crippen MR) is 133 cm³/mol. The van der Waals surface area contributed by atoms with Crippen LogP contribution in [0.2, 0.25) is 15.1 Å². The summed E-state index contributed by atoms with van der Waals surface area (Å²) in [6, 6.07) is 16.9. The van der Waals surface area contributed by atoms with Gasteiger partial charge in [0.05, 0.1) is 24.9 Å². The van der Waals surface area contributed by atoms with Crippen molar-refractivity contribution in [3.8, 4) is 11.5 Å². The Labute approximate surface area is 211 Å². The molecule has 0 atom stereocenters. The highest BCUT2D eigenvalue weighted by Gasteiger charge is 2.13. The molecule has 0 radical (unpaired) electrons. The van der Waals surface area contributed by atoms with Crippen LogP contribution in [0.5, 0.6) is 11.5 Å². The van der Waals surface area contributed by atoms with Crippen molar-refractivity contribution in [2.75, 3.05) is 13.7 Å². The molecule has 0 aliphatic carbocycles. The van der Waals surface area contributed by atoms with Crippen LogP contribution >= 0.6 is 34.8 Å². The summed E-state index contributed by atoms with van der Waals surface area (Å²) in [5.41, 5.74) is 4.10. The number of nitrogens with one attached hydrogen (secondary N) is 2. The van der Waals surface area contributed by atoms with Crippen molar-refractivity contribution in [3.05, 3.63) is 92.4 Å². The fourth-order valence-corrected chi connectivity index (χ4v) is 3.55. The molecule has 2 N–H and O–H groups in total. The van der Waals surface area contributed by atoms with Crippen molar-refractivity contribution in [3.63, 3.8) is 0 Å². The van der Waals surface area contributed by atoms with Crippen molar-refractivity contribution in [2.45, 2.75) is 6.61 Å². The first-order valence-corrected chi connectivity index (χ1v) is 11.1. The van der Waals surface area contributed by atoms with Gasteiger partial charge in [-0.25, -0.2) is 5.43 Å². The molecule has 0 heterocycles. The van der Waals surface area contributed by atoms with E-state index >= 15 is 0 Å². The second-order valence-corrected chi connectivity index (χ2v) is 8.15. The molecule has 3 aromatic carbocycles. The van der Waals surface area contributed by atoms with Gasteiger partial charge in [-0.15, -0.1) is 0 Å². The third-order valence-electron chi connectivity index (χ3n) is 4.49. The van der Waals surface area contributed by atoms with Gasteiger partial charge in [0.15, 0.2) is 11.5 Å². The third kappa shape index (κ3) is 7.12. The smallest absolute Gasteiger partial charge is 0.259 e. The summed E-state index contributed by atoms with van der Waals surface area (Å²) in [6.07, 6.45) is 1.39. The molecule has 0 unspecified atom stereocenters. The topological polar surface area (TPSA) is 89.0 Å². The number of amides is 2. The molecule has 0 aliphatic heterocycles. The number of carbonyl (C=O) groups excluding carboxylic acids is 2. The maximum absolute atomic E-state index is 12.0. The highest BCUT2D eigenvalue weighted by atomic mass is 35.5. The lowest BCUT2D eigenvalue weighted by Crippen LogP contribution is -2.34. The number of nitrogens with zero attached hydrogens (tertiary/aromatic N) is 1. The van der Waals surface area contributed by atoms with Gasteiger partial charge in [-0.1, -0.05) is 59.1 Å². The van der Waals surface area contributed by atoms with E-state index in [1.807, 2.05) is 0 Å². The van der Waals surface area contributed by atoms with Crippen LogP contribution in [-0.2, 0) is 11.4 Å². The van der Waals surface area contributed by atoms with E-state index in [0.717, 1.165) is 5.56 Å². The molecule has 0 aliphatic rings. The largest absolute Gasteiger partial charge is 0.493 e. The van der Waals surface area contributed by atoms with Gasteiger partial charge in [0.2, 0.25) is 0 Å². The number of ether oxygens (including phenoxy) is 2. The summed E-state index contributed by atoms with van der Waals surface area (Å²) < 4.78 is 11.2. The summed E-state index contributed by atoms with van der Waals surface area (Å²) >= 11 is 18.5. The van der Waals surface area contributed by atoms with Gasteiger partial charge in [-0.2, -0.15) is 5.10 Å². The molecule has 10 heteroatoms. The Bertz CT molecular complexity index is 1200. The molecule has 0 saturated carbocycles. The van der Waals surface area contributed by atoms with Gasteiger partial charge in [0.1, 0.15) is 6.61 Å². The SMILES string of the molecule is COc1cc(/C=N\NC(=O)CNC(=O)c2ccccc2)cc(Cl)c1OCc1ccc(Cl)cc1Cl. The molecule has 2 amide bonds. The Hall–Kier alpha value is -3.26. The molecule has 7 nitrogen and oxygen atoms in total. The standard InChI is InChI=1S/C24H20Cl3N3O4/c1-33-21-10-15(9-20(27)23(21)34-14-17-7-8-18(25)11-19(17)26)12-29-30-22(31)13-28-24(32)16-5-3-2-4-6-16/h2-12H,13-14H2,1H3,(H,28,32)(H,30,31)/b29-12-. The van der Waals surface area contributed by atoms with E-state index in [4.69, 9.17) is 44.3 Å². The van der Waals surface area contributed by atoms with Gasteiger partial charge in [0, 0.05) is 21.2 Å². The predicted octanol–water partition coefficient (Wildman–Crippen LogP) is 5.11. The minimum absolute atomic E-state index is 0.157. The Morgan fingerprint density at radius 2 is 1.76 bits per heavy atom. The van der Waals surface area contributed by atoms with Crippen molar-refractivity contribution in [1.82, 2.24) is 10.7 Å². The summed E-state index contributed by atoms with van der Waals surface area (Å²) in [7, 11) is 1.48. The number of hydrogen-bond donors (Lipinski definition) is 2. The van der Waals surface area contributed by atoms with E-state index in [9.17, 15) is 9.59 Å². The van der Waals surface area contributed by atoms with E-state index in [1.165, 1.54) is 13.3 Å². The van der Waals surface area contributed by atoms with E-state index in [-0.39, 0.29) is 24.1 Å². The average Bonchev–Trinajstić information content (AvgIpc) is 2.83. The first kappa shape index (κ1) is 25.4. The quantitative estimate of drug-likeness (QED) is 0.303.